The van der Waals surface area contributed by atoms with Gasteiger partial charge in [-0.05, 0) is 29.9 Å². The smallest absolute Gasteiger partial charge is 0.249 e. The van der Waals surface area contributed by atoms with Crippen LogP contribution in [0.25, 0.3) is 11.5 Å². The highest BCUT2D eigenvalue weighted by molar-refractivity contribution is 7.98. The van der Waals surface area contributed by atoms with E-state index in [1.165, 1.54) is 0 Å². The lowest BCUT2D eigenvalue weighted by Crippen LogP contribution is -2.03. The van der Waals surface area contributed by atoms with Gasteiger partial charge in [0.25, 0.3) is 0 Å². The van der Waals surface area contributed by atoms with Crippen LogP contribution < -0.4 is 0 Å². The van der Waals surface area contributed by atoms with Crippen LogP contribution in [0.1, 0.15) is 12.8 Å². The van der Waals surface area contributed by atoms with Crippen LogP contribution in [0, 0.1) is 5.92 Å². The van der Waals surface area contributed by atoms with Crippen LogP contribution in [0.4, 0.5) is 0 Å². The highest BCUT2D eigenvalue weighted by Gasteiger charge is 2.12. The number of aliphatic hydroxyl groups is 1. The van der Waals surface area contributed by atoms with E-state index in [0.29, 0.717) is 33.1 Å². The Kier molecular flexibility index (Phi) is 5.72. The lowest BCUT2D eigenvalue weighted by Gasteiger charge is -2.04. The van der Waals surface area contributed by atoms with Gasteiger partial charge in [0, 0.05) is 11.6 Å². The molecule has 0 bridgehead atoms. The first-order valence-electron chi connectivity index (χ1n) is 6.06. The number of aromatic nitrogens is 2. The predicted octanol–water partition coefficient (Wildman–Crippen LogP) is 3.91. The molecule has 1 aromatic heterocycles. The fraction of sp³-hybridized carbons (Fsp3) is 0.385. The summed E-state index contributed by atoms with van der Waals surface area (Å²) in [5, 5.41) is 18.0. The first-order chi connectivity index (χ1) is 9.60. The van der Waals surface area contributed by atoms with Gasteiger partial charge >= 0.3 is 0 Å². The first-order valence-corrected chi connectivity index (χ1v) is 7.97. The predicted molar refractivity (Wildman–Crippen MR) is 82.2 cm³/mol. The third-order valence-electron chi connectivity index (χ3n) is 2.57. The van der Waals surface area contributed by atoms with Crippen molar-refractivity contribution in [2.24, 2.45) is 5.92 Å². The van der Waals surface area contributed by atoms with E-state index in [2.05, 4.69) is 10.2 Å². The number of hydrogen-bond donors (Lipinski definition) is 1. The molecule has 0 amide bonds. The van der Waals surface area contributed by atoms with Crippen molar-refractivity contribution in [2.45, 2.75) is 12.7 Å². The van der Waals surface area contributed by atoms with Gasteiger partial charge in [0.05, 0.1) is 16.3 Å². The molecule has 0 radical (unpaired) electrons. The minimum Gasteiger partial charge on any atom is -0.420 e. The molecular formula is C13H14Cl2N2O2S. The Labute approximate surface area is 131 Å². The number of halogens is 2. The van der Waals surface area contributed by atoms with Crippen molar-refractivity contribution in [3.05, 3.63) is 34.1 Å². The van der Waals surface area contributed by atoms with Crippen LogP contribution in [0.5, 0.6) is 0 Å². The van der Waals surface area contributed by atoms with Gasteiger partial charge in [-0.2, -0.15) is 11.8 Å². The van der Waals surface area contributed by atoms with Crippen molar-refractivity contribution in [2.75, 3.05) is 12.4 Å². The molecule has 2 aromatic rings. The standard InChI is InChI=1S/C13H14Cl2N2O2S/c1-8(5-18)6-20-7-12-16-17-13(19-12)10-3-2-9(14)4-11(10)15/h2-4,8,18H,5-7H2,1H3. The summed E-state index contributed by atoms with van der Waals surface area (Å²) < 4.78 is 5.57. The second kappa shape index (κ2) is 7.31. The third kappa shape index (κ3) is 4.12. The number of hydrogen-bond acceptors (Lipinski definition) is 5. The zero-order valence-electron chi connectivity index (χ0n) is 10.8. The van der Waals surface area contributed by atoms with Crippen LogP contribution in [-0.4, -0.2) is 27.7 Å². The number of thioether (sulfide) groups is 1. The molecule has 20 heavy (non-hydrogen) atoms. The van der Waals surface area contributed by atoms with Crippen molar-refractivity contribution in [3.63, 3.8) is 0 Å². The maximum absolute atomic E-state index is 8.95. The molecule has 4 nitrogen and oxygen atoms in total. The minimum atomic E-state index is 0.183. The molecule has 7 heteroatoms. The fourth-order valence-electron chi connectivity index (χ4n) is 1.48. The molecule has 0 aliphatic carbocycles. The molecule has 0 aliphatic heterocycles. The summed E-state index contributed by atoms with van der Waals surface area (Å²) in [4.78, 5) is 0. The highest BCUT2D eigenvalue weighted by Crippen LogP contribution is 2.29. The molecule has 0 saturated heterocycles. The van der Waals surface area contributed by atoms with Crippen LogP contribution in [0.3, 0.4) is 0 Å². The molecular weight excluding hydrogens is 319 g/mol. The van der Waals surface area contributed by atoms with E-state index < -0.39 is 0 Å². The fourth-order valence-corrected chi connectivity index (χ4v) is 2.89. The summed E-state index contributed by atoms with van der Waals surface area (Å²) in [6.07, 6.45) is 0. The van der Waals surface area contributed by atoms with E-state index in [1.807, 2.05) is 6.92 Å². The average Bonchev–Trinajstić information content (AvgIpc) is 2.87. The van der Waals surface area contributed by atoms with Gasteiger partial charge in [0.2, 0.25) is 11.8 Å². The Morgan fingerprint density at radius 3 is 2.85 bits per heavy atom. The summed E-state index contributed by atoms with van der Waals surface area (Å²) in [6, 6.07) is 5.12. The summed E-state index contributed by atoms with van der Waals surface area (Å²) in [5.74, 6) is 2.64. The normalized spacial score (nSPS) is 12.6. The molecule has 2 rings (SSSR count). The summed E-state index contributed by atoms with van der Waals surface area (Å²) in [5.41, 5.74) is 0.670. The first kappa shape index (κ1) is 15.6. The summed E-state index contributed by atoms with van der Waals surface area (Å²) in [7, 11) is 0. The Hall–Kier alpha value is -0.750. The van der Waals surface area contributed by atoms with E-state index in [4.69, 9.17) is 32.7 Å². The minimum absolute atomic E-state index is 0.183. The van der Waals surface area contributed by atoms with Crippen molar-refractivity contribution in [1.29, 1.82) is 0 Å². The van der Waals surface area contributed by atoms with E-state index >= 15 is 0 Å². The number of nitrogens with zero attached hydrogens (tertiary/aromatic N) is 2. The molecule has 0 aliphatic rings. The van der Waals surface area contributed by atoms with E-state index in [-0.39, 0.29) is 12.5 Å². The zero-order valence-corrected chi connectivity index (χ0v) is 13.2. The number of benzene rings is 1. The average molecular weight is 333 g/mol. The van der Waals surface area contributed by atoms with Gasteiger partial charge in [-0.3, -0.25) is 0 Å². The summed E-state index contributed by atoms with van der Waals surface area (Å²) in [6.45, 7) is 2.17. The van der Waals surface area contributed by atoms with Crippen LogP contribution in [0.15, 0.2) is 22.6 Å². The molecule has 0 spiro atoms. The van der Waals surface area contributed by atoms with Crippen LogP contribution in [-0.2, 0) is 5.75 Å². The molecule has 108 valence electrons. The maximum atomic E-state index is 8.95. The van der Waals surface area contributed by atoms with Gasteiger partial charge in [-0.25, -0.2) is 0 Å². The van der Waals surface area contributed by atoms with Gasteiger partial charge in [-0.1, -0.05) is 30.1 Å². The monoisotopic (exact) mass is 332 g/mol. The molecule has 1 N–H and O–H groups in total. The maximum Gasteiger partial charge on any atom is 0.249 e. The SMILES string of the molecule is CC(CO)CSCc1nnc(-c2ccc(Cl)cc2Cl)o1. The van der Waals surface area contributed by atoms with Crippen LogP contribution in [0.2, 0.25) is 10.0 Å². The number of aliphatic hydroxyl groups excluding tert-OH is 1. The molecule has 1 atom stereocenters. The zero-order chi connectivity index (χ0) is 14.5. The van der Waals surface area contributed by atoms with Gasteiger partial charge < -0.3 is 9.52 Å². The Balaban J connectivity index is 2.01. The van der Waals surface area contributed by atoms with Gasteiger partial charge in [-0.15, -0.1) is 10.2 Å². The Morgan fingerprint density at radius 1 is 1.35 bits per heavy atom. The lowest BCUT2D eigenvalue weighted by molar-refractivity contribution is 0.250. The quantitative estimate of drug-likeness (QED) is 0.869. The number of rotatable bonds is 6. The molecule has 1 heterocycles. The van der Waals surface area contributed by atoms with E-state index in [1.54, 1.807) is 30.0 Å². The molecule has 1 aromatic carbocycles. The molecule has 0 fully saturated rings. The largest absolute Gasteiger partial charge is 0.420 e. The topological polar surface area (TPSA) is 59.2 Å². The van der Waals surface area contributed by atoms with E-state index in [9.17, 15) is 0 Å². The second-order valence-corrected chi connectivity index (χ2v) is 6.30. The van der Waals surface area contributed by atoms with Gasteiger partial charge in [0.15, 0.2) is 0 Å². The molecule has 0 saturated carbocycles. The Morgan fingerprint density at radius 2 is 2.15 bits per heavy atom. The summed E-state index contributed by atoms with van der Waals surface area (Å²) >= 11 is 13.6. The highest BCUT2D eigenvalue weighted by atomic mass is 35.5. The second-order valence-electron chi connectivity index (χ2n) is 4.43. The molecule has 1 unspecified atom stereocenters. The van der Waals surface area contributed by atoms with Crippen molar-refractivity contribution in [3.8, 4) is 11.5 Å². The lowest BCUT2D eigenvalue weighted by atomic mass is 10.2. The Bertz CT molecular complexity index is 577. The van der Waals surface area contributed by atoms with Gasteiger partial charge in [0.1, 0.15) is 0 Å². The van der Waals surface area contributed by atoms with E-state index in [0.717, 1.165) is 5.75 Å². The van der Waals surface area contributed by atoms with Crippen LogP contribution >= 0.6 is 35.0 Å². The van der Waals surface area contributed by atoms with Crippen molar-refractivity contribution < 1.29 is 9.52 Å². The third-order valence-corrected chi connectivity index (χ3v) is 4.37. The van der Waals surface area contributed by atoms with Crippen molar-refractivity contribution >= 4 is 35.0 Å². The van der Waals surface area contributed by atoms with Crippen molar-refractivity contribution in [1.82, 2.24) is 10.2 Å².